The molecular weight excluding hydrogens is 297 g/mol. The Morgan fingerprint density at radius 3 is 2.52 bits per heavy atom. The number of carbonyl (C=O) groups is 1. The summed E-state index contributed by atoms with van der Waals surface area (Å²) in [6.45, 7) is 1.87. The van der Waals surface area contributed by atoms with Gasteiger partial charge in [-0.1, -0.05) is 0 Å². The molecule has 0 fully saturated rings. The van der Waals surface area contributed by atoms with Crippen molar-refractivity contribution >= 4 is 5.91 Å². The predicted molar refractivity (Wildman–Crippen MR) is 81.9 cm³/mol. The second-order valence-electron chi connectivity index (χ2n) is 5.00. The van der Waals surface area contributed by atoms with Crippen LogP contribution < -0.4 is 5.32 Å². The van der Waals surface area contributed by atoms with Crippen LogP contribution in [0.3, 0.4) is 0 Å². The molecule has 2 heterocycles. The summed E-state index contributed by atoms with van der Waals surface area (Å²) < 4.78 is 13.0. The molecule has 6 nitrogen and oxygen atoms in total. The van der Waals surface area contributed by atoms with Crippen LogP contribution in [0.2, 0.25) is 0 Å². The van der Waals surface area contributed by atoms with E-state index < -0.39 is 0 Å². The molecule has 3 rings (SSSR count). The molecule has 23 heavy (non-hydrogen) atoms. The quantitative estimate of drug-likeness (QED) is 0.775. The summed E-state index contributed by atoms with van der Waals surface area (Å²) in [5.74, 6) is -0.711. The fraction of sp³-hybridized carbons (Fsp3) is 0.125. The van der Waals surface area contributed by atoms with E-state index >= 15 is 0 Å². The number of aromatic nitrogens is 4. The van der Waals surface area contributed by atoms with Gasteiger partial charge in [-0.05, 0) is 48.9 Å². The van der Waals surface area contributed by atoms with E-state index in [0.29, 0.717) is 11.3 Å². The molecule has 1 amide bonds. The lowest BCUT2D eigenvalue weighted by atomic mass is 10.1. The third kappa shape index (κ3) is 3.23. The standard InChI is InChI=1S/C16H14FN5O/c1-10(11-6-8-18-9-7-11)19-16(23)15-14(20-22-21-15)12-2-4-13(17)5-3-12/h2-10H,1H3,(H,19,23)(H,20,21,22)/t10-/m0/s1. The topological polar surface area (TPSA) is 83.6 Å². The van der Waals surface area contributed by atoms with E-state index in [1.54, 1.807) is 24.5 Å². The highest BCUT2D eigenvalue weighted by Gasteiger charge is 2.20. The molecule has 0 bridgehead atoms. The van der Waals surface area contributed by atoms with Crippen LogP contribution in [0, 0.1) is 5.82 Å². The summed E-state index contributed by atoms with van der Waals surface area (Å²) in [5.41, 5.74) is 2.09. The zero-order valence-corrected chi connectivity index (χ0v) is 12.3. The molecule has 0 saturated heterocycles. The number of pyridine rings is 1. The number of benzene rings is 1. The highest BCUT2D eigenvalue weighted by molar-refractivity contribution is 5.98. The molecule has 0 aliphatic rings. The van der Waals surface area contributed by atoms with Gasteiger partial charge in [0.15, 0.2) is 5.69 Å². The van der Waals surface area contributed by atoms with Crippen molar-refractivity contribution in [2.24, 2.45) is 0 Å². The van der Waals surface area contributed by atoms with Crippen LogP contribution in [0.1, 0.15) is 29.0 Å². The van der Waals surface area contributed by atoms with E-state index in [0.717, 1.165) is 5.56 Å². The summed E-state index contributed by atoms with van der Waals surface area (Å²) in [4.78, 5) is 16.4. The summed E-state index contributed by atoms with van der Waals surface area (Å²) in [7, 11) is 0. The lowest BCUT2D eigenvalue weighted by Gasteiger charge is -2.13. The molecule has 0 aliphatic heterocycles. The molecule has 0 unspecified atom stereocenters. The minimum Gasteiger partial charge on any atom is -0.344 e. The second kappa shape index (κ2) is 6.35. The molecule has 7 heteroatoms. The second-order valence-corrected chi connectivity index (χ2v) is 5.00. The number of carbonyl (C=O) groups excluding carboxylic acids is 1. The van der Waals surface area contributed by atoms with Crippen LogP contribution >= 0.6 is 0 Å². The van der Waals surface area contributed by atoms with Gasteiger partial charge in [0.05, 0.1) is 6.04 Å². The van der Waals surface area contributed by atoms with E-state index in [4.69, 9.17) is 0 Å². The van der Waals surface area contributed by atoms with Crippen LogP contribution in [-0.2, 0) is 0 Å². The number of H-pyrrole nitrogens is 1. The minimum atomic E-state index is -0.359. The minimum absolute atomic E-state index is 0.164. The fourth-order valence-corrected chi connectivity index (χ4v) is 2.20. The number of rotatable bonds is 4. The Labute approximate surface area is 131 Å². The van der Waals surface area contributed by atoms with Crippen molar-refractivity contribution in [2.75, 3.05) is 0 Å². The van der Waals surface area contributed by atoms with Gasteiger partial charge >= 0.3 is 0 Å². The largest absolute Gasteiger partial charge is 0.344 e. The van der Waals surface area contributed by atoms with Crippen LogP contribution in [0.25, 0.3) is 11.3 Å². The molecule has 0 radical (unpaired) electrons. The average Bonchev–Trinajstić information content (AvgIpc) is 3.06. The lowest BCUT2D eigenvalue weighted by Crippen LogP contribution is -2.27. The fourth-order valence-electron chi connectivity index (χ4n) is 2.20. The van der Waals surface area contributed by atoms with Crippen molar-refractivity contribution in [3.05, 3.63) is 65.9 Å². The third-order valence-corrected chi connectivity index (χ3v) is 3.43. The smallest absolute Gasteiger partial charge is 0.274 e. The number of hydrogen-bond acceptors (Lipinski definition) is 4. The predicted octanol–water partition coefficient (Wildman–Crippen LogP) is 2.50. The molecule has 1 aromatic carbocycles. The SMILES string of the molecule is C[C@H](NC(=O)c1n[nH]nc1-c1ccc(F)cc1)c1ccncc1. The molecule has 0 saturated carbocycles. The van der Waals surface area contributed by atoms with Crippen LogP contribution in [0.4, 0.5) is 4.39 Å². The molecule has 0 spiro atoms. The van der Waals surface area contributed by atoms with E-state index in [-0.39, 0.29) is 23.5 Å². The molecule has 2 N–H and O–H groups in total. The Balaban J connectivity index is 1.81. The van der Waals surface area contributed by atoms with Gasteiger partial charge in [-0.25, -0.2) is 4.39 Å². The van der Waals surface area contributed by atoms with Crippen molar-refractivity contribution in [3.8, 4) is 11.3 Å². The average molecular weight is 311 g/mol. The van der Waals surface area contributed by atoms with Crippen molar-refractivity contribution in [1.29, 1.82) is 0 Å². The van der Waals surface area contributed by atoms with Crippen molar-refractivity contribution in [2.45, 2.75) is 13.0 Å². The first-order valence-electron chi connectivity index (χ1n) is 7.02. The molecule has 3 aromatic rings. The van der Waals surface area contributed by atoms with Gasteiger partial charge in [0, 0.05) is 18.0 Å². The zero-order valence-electron chi connectivity index (χ0n) is 12.3. The van der Waals surface area contributed by atoms with Gasteiger partial charge in [-0.3, -0.25) is 9.78 Å². The maximum Gasteiger partial charge on any atom is 0.274 e. The molecule has 116 valence electrons. The van der Waals surface area contributed by atoms with Gasteiger partial charge in [0.1, 0.15) is 11.5 Å². The molecule has 0 aliphatic carbocycles. The van der Waals surface area contributed by atoms with Crippen LogP contribution in [0.15, 0.2) is 48.8 Å². The van der Waals surface area contributed by atoms with Gasteiger partial charge in [0.2, 0.25) is 0 Å². The Kier molecular flexibility index (Phi) is 4.09. The van der Waals surface area contributed by atoms with E-state index in [9.17, 15) is 9.18 Å². The monoisotopic (exact) mass is 311 g/mol. The Morgan fingerprint density at radius 2 is 1.83 bits per heavy atom. The molecule has 2 aromatic heterocycles. The Bertz CT molecular complexity index is 801. The first-order chi connectivity index (χ1) is 11.1. The van der Waals surface area contributed by atoms with Crippen molar-refractivity contribution in [1.82, 2.24) is 25.7 Å². The summed E-state index contributed by atoms with van der Waals surface area (Å²) in [5, 5.41) is 13.2. The van der Waals surface area contributed by atoms with E-state index in [2.05, 4.69) is 25.7 Å². The van der Waals surface area contributed by atoms with Gasteiger partial charge in [-0.2, -0.15) is 15.4 Å². The summed E-state index contributed by atoms with van der Waals surface area (Å²) >= 11 is 0. The first-order valence-corrected chi connectivity index (χ1v) is 7.02. The molecule has 1 atom stereocenters. The summed E-state index contributed by atoms with van der Waals surface area (Å²) in [6.07, 6.45) is 3.33. The number of aromatic amines is 1. The number of nitrogens with one attached hydrogen (secondary N) is 2. The first kappa shape index (κ1) is 14.8. The van der Waals surface area contributed by atoms with Crippen molar-refractivity contribution in [3.63, 3.8) is 0 Å². The maximum atomic E-state index is 13.0. The number of halogens is 1. The molecular formula is C16H14FN5O. The number of amides is 1. The van der Waals surface area contributed by atoms with Crippen molar-refractivity contribution < 1.29 is 9.18 Å². The van der Waals surface area contributed by atoms with Gasteiger partial charge in [0.25, 0.3) is 5.91 Å². The number of hydrogen-bond donors (Lipinski definition) is 2. The normalized spacial score (nSPS) is 11.9. The zero-order chi connectivity index (χ0) is 16.2. The van der Waals surface area contributed by atoms with E-state index in [1.807, 2.05) is 19.1 Å². The highest BCUT2D eigenvalue weighted by atomic mass is 19.1. The van der Waals surface area contributed by atoms with E-state index in [1.165, 1.54) is 12.1 Å². The maximum absolute atomic E-state index is 13.0. The Hall–Kier alpha value is -3.09. The Morgan fingerprint density at radius 1 is 1.13 bits per heavy atom. The van der Waals surface area contributed by atoms with Gasteiger partial charge in [-0.15, -0.1) is 0 Å². The lowest BCUT2D eigenvalue weighted by molar-refractivity contribution is 0.0935. The summed E-state index contributed by atoms with van der Waals surface area (Å²) in [6, 6.07) is 9.18. The third-order valence-electron chi connectivity index (χ3n) is 3.43. The number of nitrogens with zero attached hydrogens (tertiary/aromatic N) is 3. The van der Waals surface area contributed by atoms with Crippen LogP contribution in [0.5, 0.6) is 0 Å². The van der Waals surface area contributed by atoms with Crippen LogP contribution in [-0.4, -0.2) is 26.3 Å². The highest BCUT2D eigenvalue weighted by Crippen LogP contribution is 2.20. The van der Waals surface area contributed by atoms with Gasteiger partial charge < -0.3 is 5.32 Å².